The van der Waals surface area contributed by atoms with Gasteiger partial charge < -0.3 is 4.90 Å². The van der Waals surface area contributed by atoms with Gasteiger partial charge in [0, 0.05) is 12.0 Å². The van der Waals surface area contributed by atoms with Crippen LogP contribution in [0.25, 0.3) is 5.57 Å². The van der Waals surface area contributed by atoms with Gasteiger partial charge in [-0.1, -0.05) is 18.2 Å². The second-order valence-corrected chi connectivity index (χ2v) is 5.69. The van der Waals surface area contributed by atoms with Gasteiger partial charge in [-0.05, 0) is 31.3 Å². The first-order valence-corrected chi connectivity index (χ1v) is 6.25. The Morgan fingerprint density at radius 3 is 2.53 bits per heavy atom. The molecule has 0 fully saturated rings. The lowest BCUT2D eigenvalue weighted by Gasteiger charge is -2.10. The standard InChI is InChI=1S/C11H13NO2S/c1-12(2)7-9-8-15(13,14)11-6-4-3-5-10(9)11/h3-6,8H,7H2,1-2H3. The Labute approximate surface area is 89.9 Å². The van der Waals surface area contributed by atoms with Crippen LogP contribution in [0.5, 0.6) is 0 Å². The predicted octanol–water partition coefficient (Wildman–Crippen LogP) is 1.38. The van der Waals surface area contributed by atoms with Gasteiger partial charge in [-0.3, -0.25) is 0 Å². The summed E-state index contributed by atoms with van der Waals surface area (Å²) in [7, 11) is 0.661. The molecule has 0 radical (unpaired) electrons. The maximum Gasteiger partial charge on any atom is 0.200 e. The van der Waals surface area contributed by atoms with E-state index in [1.54, 1.807) is 12.1 Å². The Bertz CT molecular complexity index is 515. The number of sulfone groups is 1. The van der Waals surface area contributed by atoms with Gasteiger partial charge in [0.25, 0.3) is 0 Å². The van der Waals surface area contributed by atoms with Gasteiger partial charge in [0.15, 0.2) is 0 Å². The Morgan fingerprint density at radius 1 is 1.20 bits per heavy atom. The highest BCUT2D eigenvalue weighted by molar-refractivity contribution is 7.95. The zero-order valence-corrected chi connectivity index (χ0v) is 9.58. The van der Waals surface area contributed by atoms with Crippen molar-refractivity contribution in [3.63, 3.8) is 0 Å². The maximum atomic E-state index is 11.8. The summed E-state index contributed by atoms with van der Waals surface area (Å²) >= 11 is 0. The van der Waals surface area contributed by atoms with Crippen molar-refractivity contribution >= 4 is 15.4 Å². The molecule has 15 heavy (non-hydrogen) atoms. The summed E-state index contributed by atoms with van der Waals surface area (Å²) in [5.74, 6) is 0. The maximum absolute atomic E-state index is 11.8. The third-order valence-electron chi connectivity index (χ3n) is 2.32. The molecule has 2 rings (SSSR count). The number of likely N-dealkylation sites (N-methyl/N-ethyl adjacent to an activating group) is 1. The molecule has 0 atom stereocenters. The van der Waals surface area contributed by atoms with E-state index in [1.807, 2.05) is 31.1 Å². The molecule has 0 amide bonds. The first-order chi connectivity index (χ1) is 7.00. The molecular formula is C11H13NO2S. The Hall–Kier alpha value is -1.13. The van der Waals surface area contributed by atoms with E-state index in [4.69, 9.17) is 0 Å². The molecule has 0 spiro atoms. The molecule has 0 saturated carbocycles. The number of nitrogens with zero attached hydrogens (tertiary/aromatic N) is 1. The van der Waals surface area contributed by atoms with Crippen molar-refractivity contribution in [3.05, 3.63) is 35.2 Å². The minimum absolute atomic E-state index is 0.432. The highest BCUT2D eigenvalue weighted by Gasteiger charge is 2.25. The van der Waals surface area contributed by atoms with E-state index in [-0.39, 0.29) is 0 Å². The normalized spacial score (nSPS) is 17.7. The molecule has 0 aromatic heterocycles. The summed E-state index contributed by atoms with van der Waals surface area (Å²) in [4.78, 5) is 2.39. The molecule has 0 unspecified atom stereocenters. The van der Waals surface area contributed by atoms with Crippen LogP contribution in [0, 0.1) is 0 Å². The third-order valence-corrected chi connectivity index (χ3v) is 3.89. The molecule has 0 aliphatic carbocycles. The summed E-state index contributed by atoms with van der Waals surface area (Å²) in [6, 6.07) is 7.13. The van der Waals surface area contributed by atoms with Crippen LogP contribution in [0.15, 0.2) is 34.6 Å². The summed E-state index contributed by atoms with van der Waals surface area (Å²) in [6.07, 6.45) is 0. The first kappa shape index (κ1) is 10.4. The summed E-state index contributed by atoms with van der Waals surface area (Å²) in [6.45, 7) is 0.649. The van der Waals surface area contributed by atoms with Crippen molar-refractivity contribution in [1.29, 1.82) is 0 Å². The van der Waals surface area contributed by atoms with Crippen molar-refractivity contribution in [2.45, 2.75) is 4.90 Å². The highest BCUT2D eigenvalue weighted by atomic mass is 32.2. The molecule has 0 bridgehead atoms. The Kier molecular flexibility index (Phi) is 2.40. The van der Waals surface area contributed by atoms with E-state index in [0.29, 0.717) is 11.4 Å². The SMILES string of the molecule is CN(C)CC1=CS(=O)(=O)c2ccccc21. The quantitative estimate of drug-likeness (QED) is 0.760. The van der Waals surface area contributed by atoms with Crippen molar-refractivity contribution in [3.8, 4) is 0 Å². The zero-order valence-electron chi connectivity index (χ0n) is 8.77. The van der Waals surface area contributed by atoms with E-state index in [2.05, 4.69) is 0 Å². The molecule has 80 valence electrons. The lowest BCUT2D eigenvalue weighted by atomic mass is 10.1. The molecule has 1 aromatic rings. The topological polar surface area (TPSA) is 37.4 Å². The number of rotatable bonds is 2. The number of fused-ring (bicyclic) bond motifs is 1. The average Bonchev–Trinajstić information content (AvgIpc) is 2.39. The lowest BCUT2D eigenvalue weighted by Crippen LogP contribution is -2.13. The molecule has 1 aliphatic rings. The first-order valence-electron chi connectivity index (χ1n) is 4.70. The summed E-state index contributed by atoms with van der Waals surface area (Å²) < 4.78 is 23.5. The van der Waals surface area contributed by atoms with Crippen molar-refractivity contribution in [2.75, 3.05) is 20.6 Å². The fourth-order valence-electron chi connectivity index (χ4n) is 1.76. The van der Waals surface area contributed by atoms with Gasteiger partial charge in [0.1, 0.15) is 0 Å². The van der Waals surface area contributed by atoms with E-state index in [0.717, 1.165) is 11.1 Å². The van der Waals surface area contributed by atoms with Crippen LogP contribution < -0.4 is 0 Å². The van der Waals surface area contributed by atoms with Crippen LogP contribution in [0.2, 0.25) is 0 Å². The van der Waals surface area contributed by atoms with Crippen LogP contribution in [0.1, 0.15) is 5.56 Å². The average molecular weight is 223 g/mol. The van der Waals surface area contributed by atoms with Gasteiger partial charge in [0.05, 0.1) is 4.90 Å². The summed E-state index contributed by atoms with van der Waals surface area (Å²) in [5, 5.41) is 1.37. The second-order valence-electron chi connectivity index (χ2n) is 3.92. The van der Waals surface area contributed by atoms with Gasteiger partial charge >= 0.3 is 0 Å². The molecule has 0 saturated heterocycles. The Morgan fingerprint density at radius 2 is 1.87 bits per heavy atom. The minimum Gasteiger partial charge on any atom is -0.305 e. The minimum atomic E-state index is -3.19. The molecule has 1 heterocycles. The molecule has 4 heteroatoms. The van der Waals surface area contributed by atoms with Crippen LogP contribution in [-0.2, 0) is 9.84 Å². The fourth-order valence-corrected chi connectivity index (χ4v) is 3.23. The van der Waals surface area contributed by atoms with Crippen LogP contribution in [0.3, 0.4) is 0 Å². The van der Waals surface area contributed by atoms with Crippen LogP contribution in [0.4, 0.5) is 0 Å². The fraction of sp³-hybridized carbons (Fsp3) is 0.273. The van der Waals surface area contributed by atoms with Gasteiger partial charge in [0.2, 0.25) is 9.84 Å². The number of hydrogen-bond donors (Lipinski definition) is 0. The lowest BCUT2D eigenvalue weighted by molar-refractivity contribution is 0.463. The number of benzene rings is 1. The third kappa shape index (κ3) is 1.82. The predicted molar refractivity (Wildman–Crippen MR) is 60.2 cm³/mol. The van der Waals surface area contributed by atoms with Crippen molar-refractivity contribution in [2.24, 2.45) is 0 Å². The Balaban J connectivity index is 2.54. The second kappa shape index (κ2) is 3.47. The number of hydrogen-bond acceptors (Lipinski definition) is 3. The monoisotopic (exact) mass is 223 g/mol. The van der Waals surface area contributed by atoms with E-state index < -0.39 is 9.84 Å². The molecule has 1 aromatic carbocycles. The van der Waals surface area contributed by atoms with E-state index in [9.17, 15) is 8.42 Å². The molecule has 0 N–H and O–H groups in total. The highest BCUT2D eigenvalue weighted by Crippen LogP contribution is 2.32. The molecular weight excluding hydrogens is 210 g/mol. The van der Waals surface area contributed by atoms with Crippen LogP contribution >= 0.6 is 0 Å². The molecule has 3 nitrogen and oxygen atoms in total. The van der Waals surface area contributed by atoms with Gasteiger partial charge in [-0.15, -0.1) is 0 Å². The van der Waals surface area contributed by atoms with Crippen molar-refractivity contribution < 1.29 is 8.42 Å². The van der Waals surface area contributed by atoms with E-state index >= 15 is 0 Å². The van der Waals surface area contributed by atoms with Crippen LogP contribution in [-0.4, -0.2) is 34.0 Å². The molecule has 1 aliphatic heterocycles. The smallest absolute Gasteiger partial charge is 0.200 e. The summed E-state index contributed by atoms with van der Waals surface area (Å²) in [5.41, 5.74) is 1.71. The van der Waals surface area contributed by atoms with Gasteiger partial charge in [-0.25, -0.2) is 8.42 Å². The van der Waals surface area contributed by atoms with Crippen molar-refractivity contribution in [1.82, 2.24) is 4.90 Å². The van der Waals surface area contributed by atoms with E-state index in [1.165, 1.54) is 5.41 Å². The van der Waals surface area contributed by atoms with Gasteiger partial charge in [-0.2, -0.15) is 0 Å². The zero-order chi connectivity index (χ0) is 11.1. The largest absolute Gasteiger partial charge is 0.305 e.